The molecule has 1 aromatic heterocycles. The maximum Gasteiger partial charge on any atom is 0.328 e. The molecule has 3 N–H and O–H groups in total. The van der Waals surface area contributed by atoms with Crippen LogP contribution in [0.2, 0.25) is 0 Å². The minimum absolute atomic E-state index is 0.0396. The molecular weight excluding hydrogens is 258 g/mol. The number of aromatic amines is 2. The molecule has 104 valence electrons. The first-order valence-electron chi connectivity index (χ1n) is 5.92. The first-order valence-corrected chi connectivity index (χ1v) is 5.92. The first-order chi connectivity index (χ1) is 9.40. The highest BCUT2D eigenvalue weighted by Gasteiger charge is 2.13. The van der Waals surface area contributed by atoms with Crippen molar-refractivity contribution in [1.29, 1.82) is 0 Å². The molecule has 6 heteroatoms. The van der Waals surface area contributed by atoms with E-state index in [9.17, 15) is 14.7 Å². The number of nitrogens with one attached hydrogen (secondary N) is 2. The van der Waals surface area contributed by atoms with Crippen molar-refractivity contribution in [3.05, 3.63) is 62.8 Å². The van der Waals surface area contributed by atoms with E-state index in [0.29, 0.717) is 11.1 Å². The minimum Gasteiger partial charge on any atom is -0.494 e. The zero-order chi connectivity index (χ0) is 14.9. The zero-order valence-corrected chi connectivity index (χ0v) is 11.2. The molecule has 0 atom stereocenters. The fraction of sp³-hybridized carbons (Fsp3) is 0.143. The molecule has 0 aliphatic carbocycles. The van der Waals surface area contributed by atoms with E-state index in [-0.39, 0.29) is 5.56 Å². The van der Waals surface area contributed by atoms with Gasteiger partial charge in [0.15, 0.2) is 0 Å². The van der Waals surface area contributed by atoms with Gasteiger partial charge in [-0.25, -0.2) is 4.79 Å². The van der Waals surface area contributed by atoms with E-state index in [4.69, 9.17) is 0 Å². The quantitative estimate of drug-likeness (QED) is 0.775. The molecule has 20 heavy (non-hydrogen) atoms. The van der Waals surface area contributed by atoms with Gasteiger partial charge in [-0.3, -0.25) is 14.8 Å². The average molecular weight is 273 g/mol. The summed E-state index contributed by atoms with van der Waals surface area (Å²) in [5, 5.41) is 9.70. The minimum atomic E-state index is -0.757. The number of nitrogens with zero attached hydrogens (tertiary/aromatic N) is 1. The number of benzene rings is 1. The Labute approximate surface area is 115 Å². The van der Waals surface area contributed by atoms with Crippen LogP contribution in [0.3, 0.4) is 0 Å². The van der Waals surface area contributed by atoms with Gasteiger partial charge >= 0.3 is 5.69 Å². The lowest BCUT2D eigenvalue weighted by atomic mass is 10.0. The van der Waals surface area contributed by atoms with Gasteiger partial charge < -0.3 is 10.0 Å². The Morgan fingerprint density at radius 1 is 1.15 bits per heavy atom. The van der Waals surface area contributed by atoms with Crippen LogP contribution in [0, 0.1) is 0 Å². The number of hydrogen-bond donors (Lipinski definition) is 3. The number of aromatic hydroxyl groups is 1. The highest BCUT2D eigenvalue weighted by molar-refractivity contribution is 5.80. The molecule has 0 spiro atoms. The Kier molecular flexibility index (Phi) is 3.47. The van der Waals surface area contributed by atoms with Crippen LogP contribution < -0.4 is 16.1 Å². The summed E-state index contributed by atoms with van der Waals surface area (Å²) in [5.74, 6) is -0.486. The van der Waals surface area contributed by atoms with Gasteiger partial charge in [0.2, 0.25) is 5.88 Å². The van der Waals surface area contributed by atoms with Crippen molar-refractivity contribution in [3.63, 3.8) is 0 Å². The molecule has 2 aromatic rings. The summed E-state index contributed by atoms with van der Waals surface area (Å²) >= 11 is 0. The molecule has 1 aromatic carbocycles. The standard InChI is InChI=1S/C14H15N3O3/c1-8(9-4-6-10(7-5-9)17(2)3)11-12(18)15-14(20)16-13(11)19/h4-7H,1H2,2-3H3,(H3,15,16,18,19,20). The van der Waals surface area contributed by atoms with Crippen LogP contribution in [-0.4, -0.2) is 29.2 Å². The largest absolute Gasteiger partial charge is 0.494 e. The summed E-state index contributed by atoms with van der Waals surface area (Å²) in [5.41, 5.74) is 0.553. The summed E-state index contributed by atoms with van der Waals surface area (Å²) in [4.78, 5) is 28.9. The van der Waals surface area contributed by atoms with Crippen molar-refractivity contribution in [1.82, 2.24) is 9.97 Å². The molecule has 0 fully saturated rings. The lowest BCUT2D eigenvalue weighted by Gasteiger charge is -2.13. The second-order valence-electron chi connectivity index (χ2n) is 4.55. The predicted molar refractivity (Wildman–Crippen MR) is 78.3 cm³/mol. The molecule has 0 saturated heterocycles. The number of anilines is 1. The molecule has 0 unspecified atom stereocenters. The normalized spacial score (nSPS) is 10.3. The van der Waals surface area contributed by atoms with Gasteiger partial charge in [0.1, 0.15) is 5.56 Å². The summed E-state index contributed by atoms with van der Waals surface area (Å²) in [6, 6.07) is 7.33. The van der Waals surface area contributed by atoms with Gasteiger partial charge in [-0.2, -0.15) is 0 Å². The Bertz CT molecular complexity index is 754. The highest BCUT2D eigenvalue weighted by Crippen LogP contribution is 2.25. The molecular formula is C14H15N3O3. The Hall–Kier alpha value is -2.76. The molecule has 0 aliphatic heterocycles. The van der Waals surface area contributed by atoms with Crippen molar-refractivity contribution < 1.29 is 5.11 Å². The van der Waals surface area contributed by atoms with E-state index in [1.807, 2.05) is 31.1 Å². The lowest BCUT2D eigenvalue weighted by Crippen LogP contribution is -2.24. The summed E-state index contributed by atoms with van der Waals surface area (Å²) < 4.78 is 0. The van der Waals surface area contributed by atoms with Crippen LogP contribution in [-0.2, 0) is 0 Å². The van der Waals surface area contributed by atoms with Crippen molar-refractivity contribution in [2.45, 2.75) is 0 Å². The monoisotopic (exact) mass is 273 g/mol. The van der Waals surface area contributed by atoms with Crippen molar-refractivity contribution in [2.75, 3.05) is 19.0 Å². The fourth-order valence-electron chi connectivity index (χ4n) is 1.86. The van der Waals surface area contributed by atoms with Gasteiger partial charge in [-0.1, -0.05) is 18.7 Å². The van der Waals surface area contributed by atoms with E-state index < -0.39 is 17.1 Å². The molecule has 2 rings (SSSR count). The number of hydrogen-bond acceptors (Lipinski definition) is 4. The molecule has 0 amide bonds. The van der Waals surface area contributed by atoms with E-state index in [1.165, 1.54) is 0 Å². The molecule has 6 nitrogen and oxygen atoms in total. The summed E-state index contributed by atoms with van der Waals surface area (Å²) in [7, 11) is 3.84. The molecule has 1 heterocycles. The Balaban J connectivity index is 2.47. The predicted octanol–water partition coefficient (Wildman–Crippen LogP) is 0.896. The van der Waals surface area contributed by atoms with Crippen molar-refractivity contribution in [3.8, 4) is 5.88 Å². The molecule has 0 bridgehead atoms. The van der Waals surface area contributed by atoms with E-state index in [1.54, 1.807) is 12.1 Å². The Morgan fingerprint density at radius 3 is 2.25 bits per heavy atom. The van der Waals surface area contributed by atoms with Crippen LogP contribution in [0.1, 0.15) is 11.1 Å². The third-order valence-electron chi connectivity index (χ3n) is 2.96. The van der Waals surface area contributed by atoms with Crippen LogP contribution in [0.4, 0.5) is 5.69 Å². The fourth-order valence-corrected chi connectivity index (χ4v) is 1.86. The van der Waals surface area contributed by atoms with Gasteiger partial charge in [-0.05, 0) is 23.3 Å². The first kappa shape index (κ1) is 13.7. The average Bonchev–Trinajstić information content (AvgIpc) is 2.37. The Morgan fingerprint density at radius 2 is 1.75 bits per heavy atom. The van der Waals surface area contributed by atoms with Gasteiger partial charge in [0.25, 0.3) is 5.56 Å². The summed E-state index contributed by atoms with van der Waals surface area (Å²) in [6.45, 7) is 3.81. The second kappa shape index (κ2) is 5.08. The van der Waals surface area contributed by atoms with Crippen molar-refractivity contribution >= 4 is 11.3 Å². The number of aromatic nitrogens is 2. The van der Waals surface area contributed by atoms with Gasteiger partial charge in [0, 0.05) is 19.8 Å². The van der Waals surface area contributed by atoms with Crippen LogP contribution >= 0.6 is 0 Å². The second-order valence-corrected chi connectivity index (χ2v) is 4.55. The molecule has 0 saturated carbocycles. The van der Waals surface area contributed by atoms with Gasteiger partial charge in [0.05, 0.1) is 0 Å². The van der Waals surface area contributed by atoms with E-state index in [2.05, 4.69) is 16.5 Å². The third-order valence-corrected chi connectivity index (χ3v) is 2.96. The number of H-pyrrole nitrogens is 2. The number of rotatable bonds is 3. The van der Waals surface area contributed by atoms with E-state index in [0.717, 1.165) is 5.69 Å². The topological polar surface area (TPSA) is 89.2 Å². The van der Waals surface area contributed by atoms with Crippen LogP contribution in [0.25, 0.3) is 5.57 Å². The van der Waals surface area contributed by atoms with Crippen LogP contribution in [0.5, 0.6) is 5.88 Å². The SMILES string of the molecule is C=C(c1ccc(N(C)C)cc1)c1c(O)[nH]c(=O)[nH]c1=O. The third kappa shape index (κ3) is 2.49. The maximum atomic E-state index is 11.7. The molecule has 0 radical (unpaired) electrons. The van der Waals surface area contributed by atoms with Crippen LogP contribution in [0.15, 0.2) is 40.4 Å². The van der Waals surface area contributed by atoms with Crippen molar-refractivity contribution in [2.24, 2.45) is 0 Å². The smallest absolute Gasteiger partial charge is 0.328 e. The van der Waals surface area contributed by atoms with Gasteiger partial charge in [-0.15, -0.1) is 0 Å². The maximum absolute atomic E-state index is 11.7. The lowest BCUT2D eigenvalue weighted by molar-refractivity contribution is 0.446. The highest BCUT2D eigenvalue weighted by atomic mass is 16.3. The van der Waals surface area contributed by atoms with E-state index >= 15 is 0 Å². The summed E-state index contributed by atoms with van der Waals surface area (Å²) in [6.07, 6.45) is 0. The molecule has 0 aliphatic rings. The zero-order valence-electron chi connectivity index (χ0n) is 11.2.